The van der Waals surface area contributed by atoms with Gasteiger partial charge in [-0.3, -0.25) is 4.90 Å². The summed E-state index contributed by atoms with van der Waals surface area (Å²) >= 11 is 0. The molecule has 3 heteroatoms. The van der Waals surface area contributed by atoms with Gasteiger partial charge >= 0.3 is 0 Å². The van der Waals surface area contributed by atoms with Crippen LogP contribution in [0.3, 0.4) is 0 Å². The third kappa shape index (κ3) is 0.916. The smallest absolute Gasteiger partial charge is 0.0745 e. The van der Waals surface area contributed by atoms with Crippen LogP contribution in [0.2, 0.25) is 0 Å². The van der Waals surface area contributed by atoms with Gasteiger partial charge in [-0.2, -0.15) is 0 Å². The summed E-state index contributed by atoms with van der Waals surface area (Å²) in [5.74, 6) is 0.676. The second-order valence-corrected chi connectivity index (χ2v) is 3.78. The van der Waals surface area contributed by atoms with Gasteiger partial charge in [-0.15, -0.1) is 0 Å². The summed E-state index contributed by atoms with van der Waals surface area (Å²) in [7, 11) is 3.92. The van der Waals surface area contributed by atoms with Gasteiger partial charge in [0.15, 0.2) is 0 Å². The third-order valence-electron chi connectivity index (χ3n) is 3.19. The fraction of sp³-hybridized carbons (Fsp3) is 1.00. The number of rotatable bonds is 1. The van der Waals surface area contributed by atoms with Crippen LogP contribution in [0.4, 0.5) is 0 Å². The summed E-state index contributed by atoms with van der Waals surface area (Å²) in [6, 6.07) is 0.829. The molecule has 1 aliphatic heterocycles. The standard InChI is InChI=1S/C8H16N2O/c1-10-4-5-3-6(11-2)8(10)7(5)9/h5-8H,3-4,9H2,1-2H3/t5-,6+,7-,8-/m1/s1. The zero-order valence-corrected chi connectivity index (χ0v) is 7.16. The lowest BCUT2D eigenvalue weighted by Crippen LogP contribution is -2.43. The molecule has 2 aliphatic rings. The Kier molecular flexibility index (Phi) is 1.67. The molecule has 3 nitrogen and oxygen atoms in total. The van der Waals surface area contributed by atoms with E-state index in [9.17, 15) is 0 Å². The number of methoxy groups -OCH3 is 1. The Hall–Kier alpha value is -0.120. The van der Waals surface area contributed by atoms with Crippen LogP contribution in [0.1, 0.15) is 6.42 Å². The molecule has 0 amide bonds. The van der Waals surface area contributed by atoms with Crippen molar-refractivity contribution in [2.24, 2.45) is 11.7 Å². The average molecular weight is 156 g/mol. The van der Waals surface area contributed by atoms with Gasteiger partial charge in [0.25, 0.3) is 0 Å². The average Bonchev–Trinajstić information content (AvgIpc) is 2.42. The van der Waals surface area contributed by atoms with Gasteiger partial charge in [-0.05, 0) is 19.4 Å². The molecule has 0 radical (unpaired) electrons. The van der Waals surface area contributed by atoms with E-state index in [1.165, 1.54) is 0 Å². The maximum absolute atomic E-state index is 6.02. The van der Waals surface area contributed by atoms with Crippen molar-refractivity contribution in [1.29, 1.82) is 0 Å². The lowest BCUT2D eigenvalue weighted by atomic mass is 10.1. The molecule has 64 valence electrons. The van der Waals surface area contributed by atoms with Crippen LogP contribution in [-0.2, 0) is 4.74 Å². The third-order valence-corrected chi connectivity index (χ3v) is 3.19. The van der Waals surface area contributed by atoms with Gasteiger partial charge in [-0.1, -0.05) is 0 Å². The second-order valence-electron chi connectivity index (χ2n) is 3.78. The topological polar surface area (TPSA) is 38.5 Å². The van der Waals surface area contributed by atoms with E-state index in [-0.39, 0.29) is 0 Å². The van der Waals surface area contributed by atoms with Gasteiger partial charge in [0.1, 0.15) is 0 Å². The van der Waals surface area contributed by atoms with Crippen molar-refractivity contribution in [3.63, 3.8) is 0 Å². The van der Waals surface area contributed by atoms with Gasteiger partial charge in [0.05, 0.1) is 12.1 Å². The largest absolute Gasteiger partial charge is 0.380 e. The first kappa shape index (κ1) is 7.53. The van der Waals surface area contributed by atoms with Crippen LogP contribution in [0, 0.1) is 5.92 Å². The predicted molar refractivity (Wildman–Crippen MR) is 43.3 cm³/mol. The molecule has 2 rings (SSSR count). The van der Waals surface area contributed by atoms with Crippen molar-refractivity contribution in [2.45, 2.75) is 24.6 Å². The number of hydrogen-bond acceptors (Lipinski definition) is 3. The highest BCUT2D eigenvalue weighted by atomic mass is 16.5. The summed E-state index contributed by atoms with van der Waals surface area (Å²) in [5.41, 5.74) is 6.02. The number of fused-ring (bicyclic) bond motifs is 2. The normalized spacial score (nSPS) is 50.5. The van der Waals surface area contributed by atoms with Crippen molar-refractivity contribution in [1.82, 2.24) is 4.90 Å². The molecular formula is C8H16N2O. The Morgan fingerprint density at radius 2 is 2.27 bits per heavy atom. The Bertz CT molecular complexity index is 162. The molecule has 0 aromatic heterocycles. The molecule has 0 aromatic rings. The minimum absolute atomic E-state index is 0.352. The second kappa shape index (κ2) is 2.44. The maximum atomic E-state index is 6.02. The SMILES string of the molecule is CO[C@H]1C[C@@H]2CN(C)[C@H]1[C@@H]2N. The summed E-state index contributed by atoms with van der Waals surface area (Å²) in [5, 5.41) is 0. The van der Waals surface area contributed by atoms with Crippen molar-refractivity contribution < 1.29 is 4.74 Å². The van der Waals surface area contributed by atoms with Gasteiger partial charge < -0.3 is 10.5 Å². The monoisotopic (exact) mass is 156 g/mol. The number of hydrogen-bond donors (Lipinski definition) is 1. The van der Waals surface area contributed by atoms with E-state index in [2.05, 4.69) is 11.9 Å². The number of ether oxygens (including phenoxy) is 1. The molecule has 2 bridgehead atoms. The zero-order valence-electron chi connectivity index (χ0n) is 7.16. The van der Waals surface area contributed by atoms with Crippen LogP contribution in [0.15, 0.2) is 0 Å². The van der Waals surface area contributed by atoms with Crippen molar-refractivity contribution in [2.75, 3.05) is 20.7 Å². The fourth-order valence-electron chi connectivity index (χ4n) is 2.62. The van der Waals surface area contributed by atoms with Crippen molar-refractivity contribution >= 4 is 0 Å². The minimum atomic E-state index is 0.352. The van der Waals surface area contributed by atoms with Gasteiger partial charge in [-0.25, -0.2) is 0 Å². The molecule has 0 spiro atoms. The summed E-state index contributed by atoms with van der Waals surface area (Å²) in [4.78, 5) is 2.33. The van der Waals surface area contributed by atoms with E-state index in [0.717, 1.165) is 13.0 Å². The molecule has 1 saturated carbocycles. The lowest BCUT2D eigenvalue weighted by molar-refractivity contribution is 0.0285. The highest BCUT2D eigenvalue weighted by Crippen LogP contribution is 2.37. The Morgan fingerprint density at radius 1 is 1.55 bits per heavy atom. The van der Waals surface area contributed by atoms with Crippen LogP contribution in [-0.4, -0.2) is 43.8 Å². The zero-order chi connectivity index (χ0) is 8.01. The van der Waals surface area contributed by atoms with Gasteiger partial charge in [0.2, 0.25) is 0 Å². The Labute approximate surface area is 67.5 Å². The van der Waals surface area contributed by atoms with Gasteiger partial charge in [0, 0.05) is 19.7 Å². The minimum Gasteiger partial charge on any atom is -0.380 e. The molecule has 0 unspecified atom stereocenters. The predicted octanol–water partition coefficient (Wildman–Crippen LogP) is -0.337. The fourth-order valence-corrected chi connectivity index (χ4v) is 2.62. The molecule has 2 N–H and O–H groups in total. The highest BCUT2D eigenvalue weighted by Gasteiger charge is 2.49. The number of likely N-dealkylation sites (N-methyl/N-ethyl adjacent to an activating group) is 1. The Balaban J connectivity index is 2.13. The van der Waals surface area contributed by atoms with Crippen LogP contribution >= 0.6 is 0 Å². The first-order valence-corrected chi connectivity index (χ1v) is 4.22. The number of piperidine rings is 1. The summed E-state index contributed by atoms with van der Waals surface area (Å²) in [6.07, 6.45) is 1.54. The molecule has 2 fully saturated rings. The van der Waals surface area contributed by atoms with Crippen molar-refractivity contribution in [3.8, 4) is 0 Å². The summed E-state index contributed by atoms with van der Waals surface area (Å²) in [6.45, 7) is 1.16. The molecule has 1 aliphatic carbocycles. The first-order chi connectivity index (χ1) is 5.24. The lowest BCUT2D eigenvalue weighted by Gasteiger charge is -2.28. The molecule has 1 saturated heterocycles. The van der Waals surface area contributed by atoms with E-state index in [1.807, 2.05) is 0 Å². The molecule has 0 aromatic carbocycles. The molecule has 1 heterocycles. The number of nitrogens with zero attached hydrogens (tertiary/aromatic N) is 1. The van der Waals surface area contributed by atoms with E-state index < -0.39 is 0 Å². The van der Waals surface area contributed by atoms with Crippen LogP contribution < -0.4 is 5.73 Å². The van der Waals surface area contributed by atoms with E-state index in [4.69, 9.17) is 10.5 Å². The molecule has 4 atom stereocenters. The Morgan fingerprint density at radius 3 is 2.64 bits per heavy atom. The van der Waals surface area contributed by atoms with Crippen LogP contribution in [0.5, 0.6) is 0 Å². The maximum Gasteiger partial charge on any atom is 0.0745 e. The van der Waals surface area contributed by atoms with E-state index in [0.29, 0.717) is 24.1 Å². The summed E-state index contributed by atoms with van der Waals surface area (Å²) < 4.78 is 5.36. The van der Waals surface area contributed by atoms with E-state index in [1.54, 1.807) is 7.11 Å². The highest BCUT2D eigenvalue weighted by molar-refractivity contribution is 5.06. The van der Waals surface area contributed by atoms with E-state index >= 15 is 0 Å². The molecular weight excluding hydrogens is 140 g/mol. The first-order valence-electron chi connectivity index (χ1n) is 4.22. The number of nitrogens with two attached hydrogens (primary N) is 1. The quantitative estimate of drug-likeness (QED) is 0.564. The van der Waals surface area contributed by atoms with Crippen molar-refractivity contribution in [3.05, 3.63) is 0 Å². The molecule has 11 heavy (non-hydrogen) atoms. The van der Waals surface area contributed by atoms with Crippen LogP contribution in [0.25, 0.3) is 0 Å². The number of likely N-dealkylation sites (tertiary alicyclic amines) is 1.